The molecule has 1 aliphatic heterocycles. The number of fused-ring (bicyclic) bond motifs is 1. The zero-order valence-electron chi connectivity index (χ0n) is 10.7. The maximum Gasteiger partial charge on any atom is 0.354 e. The molecule has 5 nitrogen and oxygen atoms in total. The molecule has 102 valence electrons. The lowest BCUT2D eigenvalue weighted by Gasteiger charge is -2.12. The molecule has 0 aliphatic carbocycles. The molecule has 3 rings (SSSR count). The molecule has 0 saturated carbocycles. The first kappa shape index (κ1) is 12.5. The number of ether oxygens (including phenoxy) is 1. The molecule has 1 aromatic heterocycles. The lowest BCUT2D eigenvalue weighted by atomic mass is 10.1. The monoisotopic (exact) mass is 270 g/mol. The number of rotatable bonds is 4. The minimum Gasteiger partial charge on any atom is -0.488 e. The molecule has 0 amide bonds. The van der Waals surface area contributed by atoms with E-state index in [0.717, 1.165) is 17.9 Å². The zero-order valence-corrected chi connectivity index (χ0v) is 10.7. The fraction of sp³-hybridized carbons (Fsp3) is 0.200. The summed E-state index contributed by atoms with van der Waals surface area (Å²) in [5.41, 5.74) is 2.05. The predicted molar refractivity (Wildman–Crippen MR) is 74.2 cm³/mol. The van der Waals surface area contributed by atoms with Gasteiger partial charge < -0.3 is 15.2 Å². The normalized spacial score (nSPS) is 16.3. The number of aromatic carboxylic acids is 1. The van der Waals surface area contributed by atoms with E-state index in [1.54, 1.807) is 6.07 Å². The van der Waals surface area contributed by atoms with Gasteiger partial charge in [0.15, 0.2) is 0 Å². The van der Waals surface area contributed by atoms with Crippen molar-refractivity contribution in [2.24, 2.45) is 0 Å². The minimum absolute atomic E-state index is 0.0417. The van der Waals surface area contributed by atoms with Gasteiger partial charge in [-0.25, -0.2) is 9.78 Å². The molecule has 1 aromatic carbocycles. The molecule has 2 aromatic rings. The van der Waals surface area contributed by atoms with Crippen LogP contribution in [0.15, 0.2) is 42.6 Å². The van der Waals surface area contributed by atoms with Crippen LogP contribution in [0.1, 0.15) is 16.1 Å². The number of pyridine rings is 1. The summed E-state index contributed by atoms with van der Waals surface area (Å²) in [6, 6.07) is 11.2. The second-order valence-corrected chi connectivity index (χ2v) is 4.67. The van der Waals surface area contributed by atoms with E-state index in [1.165, 1.54) is 17.8 Å². The van der Waals surface area contributed by atoms with Crippen LogP contribution in [0.25, 0.3) is 0 Å². The predicted octanol–water partition coefficient (Wildman–Crippen LogP) is 2.20. The van der Waals surface area contributed by atoms with E-state index in [4.69, 9.17) is 9.84 Å². The lowest BCUT2D eigenvalue weighted by molar-refractivity contribution is 0.0690. The number of carbonyl (C=O) groups is 1. The van der Waals surface area contributed by atoms with Crippen molar-refractivity contribution in [2.45, 2.75) is 12.5 Å². The van der Waals surface area contributed by atoms with E-state index in [-0.39, 0.29) is 11.8 Å². The van der Waals surface area contributed by atoms with E-state index in [1.807, 2.05) is 18.2 Å². The van der Waals surface area contributed by atoms with Gasteiger partial charge in [-0.1, -0.05) is 18.2 Å². The molecule has 0 bridgehead atoms. The van der Waals surface area contributed by atoms with E-state index >= 15 is 0 Å². The molecule has 0 radical (unpaired) electrons. The Bertz CT molecular complexity index is 600. The molecule has 5 heteroatoms. The van der Waals surface area contributed by atoms with Crippen molar-refractivity contribution in [3.63, 3.8) is 0 Å². The molecule has 1 atom stereocenters. The van der Waals surface area contributed by atoms with Crippen LogP contribution in [0, 0.1) is 0 Å². The Morgan fingerprint density at radius 3 is 2.90 bits per heavy atom. The van der Waals surface area contributed by atoms with Gasteiger partial charge in [-0.2, -0.15) is 0 Å². The fourth-order valence-corrected chi connectivity index (χ4v) is 2.22. The topological polar surface area (TPSA) is 71.5 Å². The number of nitrogens with zero attached hydrogens (tertiary/aromatic N) is 1. The molecule has 2 N–H and O–H groups in total. The van der Waals surface area contributed by atoms with E-state index in [2.05, 4.69) is 16.4 Å². The summed E-state index contributed by atoms with van der Waals surface area (Å²) in [4.78, 5) is 14.6. The Morgan fingerprint density at radius 2 is 2.20 bits per heavy atom. The van der Waals surface area contributed by atoms with Gasteiger partial charge in [-0.15, -0.1) is 0 Å². The third-order valence-electron chi connectivity index (χ3n) is 3.23. The summed E-state index contributed by atoms with van der Waals surface area (Å²) in [5, 5.41) is 12.0. The average molecular weight is 270 g/mol. The number of para-hydroxylation sites is 1. The van der Waals surface area contributed by atoms with Crippen molar-refractivity contribution >= 4 is 11.7 Å². The highest BCUT2D eigenvalue weighted by atomic mass is 16.5. The highest BCUT2D eigenvalue weighted by Crippen LogP contribution is 2.28. The van der Waals surface area contributed by atoms with E-state index in [0.29, 0.717) is 6.54 Å². The van der Waals surface area contributed by atoms with Crippen molar-refractivity contribution in [3.05, 3.63) is 53.9 Å². The van der Waals surface area contributed by atoms with Gasteiger partial charge >= 0.3 is 5.97 Å². The van der Waals surface area contributed by atoms with Gasteiger partial charge in [0.2, 0.25) is 0 Å². The summed E-state index contributed by atoms with van der Waals surface area (Å²) in [6.07, 6.45) is 2.49. The van der Waals surface area contributed by atoms with Gasteiger partial charge in [-0.05, 0) is 23.8 Å². The van der Waals surface area contributed by atoms with Gasteiger partial charge in [0, 0.05) is 6.42 Å². The first-order valence-electron chi connectivity index (χ1n) is 6.40. The quantitative estimate of drug-likeness (QED) is 0.891. The second-order valence-electron chi connectivity index (χ2n) is 4.67. The number of nitrogens with one attached hydrogen (secondary N) is 1. The SMILES string of the molecule is O=C(O)c1ccc(NCC2Cc3ccccc3O2)cn1. The van der Waals surface area contributed by atoms with Crippen molar-refractivity contribution in [3.8, 4) is 5.75 Å². The fourth-order valence-electron chi connectivity index (χ4n) is 2.22. The molecule has 0 spiro atoms. The molecule has 0 saturated heterocycles. The summed E-state index contributed by atoms with van der Waals surface area (Å²) in [6.45, 7) is 0.656. The molecule has 2 heterocycles. The average Bonchev–Trinajstić information content (AvgIpc) is 2.88. The largest absolute Gasteiger partial charge is 0.488 e. The number of aromatic nitrogens is 1. The molecule has 0 fully saturated rings. The Labute approximate surface area is 116 Å². The molecule has 20 heavy (non-hydrogen) atoms. The number of carboxylic acids is 1. The lowest BCUT2D eigenvalue weighted by Crippen LogP contribution is -2.24. The van der Waals surface area contributed by atoms with E-state index < -0.39 is 5.97 Å². The molecular formula is C15H14N2O3. The number of hydrogen-bond acceptors (Lipinski definition) is 4. The van der Waals surface area contributed by atoms with Crippen LogP contribution in [0.5, 0.6) is 5.75 Å². The third kappa shape index (κ3) is 2.56. The van der Waals surface area contributed by atoms with Gasteiger partial charge in [0.25, 0.3) is 0 Å². The first-order chi connectivity index (χ1) is 9.72. The Balaban J connectivity index is 1.57. The van der Waals surface area contributed by atoms with Gasteiger partial charge in [0.05, 0.1) is 18.4 Å². The van der Waals surface area contributed by atoms with Crippen LogP contribution in [0.3, 0.4) is 0 Å². The first-order valence-corrected chi connectivity index (χ1v) is 6.40. The second kappa shape index (κ2) is 5.21. The van der Waals surface area contributed by atoms with Gasteiger partial charge in [-0.3, -0.25) is 0 Å². The number of anilines is 1. The van der Waals surface area contributed by atoms with Crippen LogP contribution in [0.4, 0.5) is 5.69 Å². The standard InChI is InChI=1S/C15H14N2O3/c18-15(19)13-6-5-11(8-17-13)16-9-12-7-10-3-1-2-4-14(10)20-12/h1-6,8,12,16H,7,9H2,(H,18,19). The van der Waals surface area contributed by atoms with E-state index in [9.17, 15) is 4.79 Å². The third-order valence-corrected chi connectivity index (χ3v) is 3.23. The maximum absolute atomic E-state index is 10.7. The van der Waals surface area contributed by atoms with Crippen LogP contribution >= 0.6 is 0 Å². The highest BCUT2D eigenvalue weighted by Gasteiger charge is 2.21. The zero-order chi connectivity index (χ0) is 13.9. The number of hydrogen-bond donors (Lipinski definition) is 2. The summed E-state index contributed by atoms with van der Waals surface area (Å²) in [5.74, 6) is -0.0789. The van der Waals surface area contributed by atoms with Crippen LogP contribution < -0.4 is 10.1 Å². The molecule has 1 unspecified atom stereocenters. The molecule has 1 aliphatic rings. The minimum atomic E-state index is -1.02. The number of benzene rings is 1. The van der Waals surface area contributed by atoms with Gasteiger partial charge in [0.1, 0.15) is 17.5 Å². The smallest absolute Gasteiger partial charge is 0.354 e. The van der Waals surface area contributed by atoms with Crippen molar-refractivity contribution in [2.75, 3.05) is 11.9 Å². The summed E-state index contributed by atoms with van der Waals surface area (Å²) < 4.78 is 5.81. The Kier molecular flexibility index (Phi) is 3.25. The van der Waals surface area contributed by atoms with Crippen LogP contribution in [-0.2, 0) is 6.42 Å². The summed E-state index contributed by atoms with van der Waals surface area (Å²) >= 11 is 0. The van der Waals surface area contributed by atoms with Crippen LogP contribution in [-0.4, -0.2) is 28.7 Å². The van der Waals surface area contributed by atoms with Crippen molar-refractivity contribution < 1.29 is 14.6 Å². The number of carboxylic acid groups (broad SMARTS) is 1. The molecular weight excluding hydrogens is 256 g/mol. The Hall–Kier alpha value is -2.56. The van der Waals surface area contributed by atoms with Crippen molar-refractivity contribution in [1.29, 1.82) is 0 Å². The Morgan fingerprint density at radius 1 is 1.35 bits per heavy atom. The maximum atomic E-state index is 10.7. The summed E-state index contributed by atoms with van der Waals surface area (Å²) in [7, 11) is 0. The van der Waals surface area contributed by atoms with Crippen molar-refractivity contribution in [1.82, 2.24) is 4.98 Å². The van der Waals surface area contributed by atoms with Crippen LogP contribution in [0.2, 0.25) is 0 Å². The highest BCUT2D eigenvalue weighted by molar-refractivity contribution is 5.85.